The second-order valence-electron chi connectivity index (χ2n) is 5.01. The molecule has 0 radical (unpaired) electrons. The second kappa shape index (κ2) is 5.96. The summed E-state index contributed by atoms with van der Waals surface area (Å²) in [6.07, 6.45) is -3.22. The van der Waals surface area contributed by atoms with Gasteiger partial charge in [0.05, 0.1) is 0 Å². The van der Waals surface area contributed by atoms with Crippen LogP contribution in [0.1, 0.15) is 5.56 Å². The van der Waals surface area contributed by atoms with Crippen molar-refractivity contribution >= 4 is 23.6 Å². The quantitative estimate of drug-likeness (QED) is 0.885. The lowest BCUT2D eigenvalue weighted by Gasteiger charge is -2.38. The van der Waals surface area contributed by atoms with Crippen LogP contribution >= 0.6 is 11.6 Å². The maximum Gasteiger partial charge on any atom is 0.473 e. The highest BCUT2D eigenvalue weighted by Crippen LogP contribution is 2.46. The summed E-state index contributed by atoms with van der Waals surface area (Å²) < 4.78 is 51.6. The Kier molecular flexibility index (Phi) is 4.08. The Morgan fingerprint density at radius 1 is 1.24 bits per heavy atom. The van der Waals surface area contributed by atoms with Crippen LogP contribution in [0.15, 0.2) is 48.2 Å². The summed E-state index contributed by atoms with van der Waals surface area (Å²) in [5.74, 6) is -6.23. The van der Waals surface area contributed by atoms with E-state index in [4.69, 9.17) is 21.1 Å². The maximum atomic E-state index is 13.9. The molecular weight excluding hydrogens is 363 g/mol. The Morgan fingerprint density at radius 3 is 2.60 bits per heavy atom. The molecule has 0 spiro atoms. The molecule has 0 saturated heterocycles. The molecule has 0 amide bonds. The van der Waals surface area contributed by atoms with Crippen LogP contribution in [-0.2, 0) is 4.79 Å². The van der Waals surface area contributed by atoms with Gasteiger partial charge in [0.1, 0.15) is 16.3 Å². The molecule has 1 N–H and O–H groups in total. The van der Waals surface area contributed by atoms with E-state index in [-0.39, 0.29) is 16.3 Å². The highest BCUT2D eigenvalue weighted by Gasteiger charge is 2.67. The van der Waals surface area contributed by atoms with E-state index < -0.39 is 29.4 Å². The Bertz CT molecular complexity index is 868. The number of ether oxygens (including phenoxy) is 2. The number of hydrogen-bond acceptors (Lipinski definition) is 4. The third-order valence-corrected chi connectivity index (χ3v) is 3.68. The number of fused-ring (bicyclic) bond motifs is 1. The molecule has 0 fully saturated rings. The first-order valence-electron chi connectivity index (χ1n) is 6.84. The van der Waals surface area contributed by atoms with Crippen molar-refractivity contribution in [3.8, 4) is 11.6 Å². The number of hydrogen-bond donors (Lipinski definition) is 1. The van der Waals surface area contributed by atoms with Crippen LogP contribution in [-0.4, -0.2) is 28.0 Å². The molecule has 5 nitrogen and oxygen atoms in total. The summed E-state index contributed by atoms with van der Waals surface area (Å²) in [6, 6.07) is 8.33. The van der Waals surface area contributed by atoms with E-state index >= 15 is 0 Å². The van der Waals surface area contributed by atoms with E-state index in [9.17, 15) is 23.1 Å². The van der Waals surface area contributed by atoms with Crippen LogP contribution in [0.5, 0.6) is 11.6 Å². The zero-order chi connectivity index (χ0) is 18.2. The number of aromatic nitrogens is 1. The van der Waals surface area contributed by atoms with Gasteiger partial charge >= 0.3 is 17.9 Å². The fourth-order valence-corrected chi connectivity index (χ4v) is 2.44. The minimum Gasteiger partial charge on any atom is -0.478 e. The van der Waals surface area contributed by atoms with E-state index in [1.165, 1.54) is 36.4 Å². The molecule has 0 bridgehead atoms. The minimum atomic E-state index is -5.23. The topological polar surface area (TPSA) is 68.7 Å². The van der Waals surface area contributed by atoms with Crippen LogP contribution < -0.4 is 9.47 Å². The first kappa shape index (κ1) is 17.1. The van der Waals surface area contributed by atoms with Crippen molar-refractivity contribution in [2.45, 2.75) is 12.0 Å². The zero-order valence-electron chi connectivity index (χ0n) is 12.2. The van der Waals surface area contributed by atoms with Crippen LogP contribution in [0.4, 0.5) is 13.2 Å². The minimum absolute atomic E-state index is 0.176. The van der Waals surface area contributed by atoms with Crippen molar-refractivity contribution in [3.05, 3.63) is 58.8 Å². The second-order valence-corrected chi connectivity index (χ2v) is 5.42. The molecule has 1 aliphatic rings. The number of nitrogens with zero attached hydrogens (tertiary/aromatic N) is 1. The van der Waals surface area contributed by atoms with Gasteiger partial charge in [-0.15, -0.1) is 0 Å². The van der Waals surface area contributed by atoms with Crippen LogP contribution in [0.3, 0.4) is 0 Å². The van der Waals surface area contributed by atoms with Crippen molar-refractivity contribution in [1.29, 1.82) is 0 Å². The van der Waals surface area contributed by atoms with E-state index in [0.717, 1.165) is 12.3 Å². The molecule has 1 aromatic heterocycles. The molecule has 1 aromatic carbocycles. The first-order valence-corrected chi connectivity index (χ1v) is 7.22. The van der Waals surface area contributed by atoms with Crippen LogP contribution in [0.2, 0.25) is 5.02 Å². The third-order valence-electron chi connectivity index (χ3n) is 3.40. The zero-order valence-corrected chi connectivity index (χ0v) is 13.0. The van der Waals surface area contributed by atoms with Gasteiger partial charge in [0.25, 0.3) is 0 Å². The normalized spacial score (nSPS) is 19.4. The first-order chi connectivity index (χ1) is 11.7. The summed E-state index contributed by atoms with van der Waals surface area (Å²) in [7, 11) is 0. The van der Waals surface area contributed by atoms with Gasteiger partial charge in [-0.3, -0.25) is 0 Å². The average Bonchev–Trinajstić information content (AvgIpc) is 2.55. The number of benzene rings is 1. The van der Waals surface area contributed by atoms with Gasteiger partial charge in [-0.1, -0.05) is 29.8 Å². The molecule has 2 heterocycles. The van der Waals surface area contributed by atoms with E-state index in [1.54, 1.807) is 0 Å². The van der Waals surface area contributed by atoms with Crippen molar-refractivity contribution < 1.29 is 32.5 Å². The molecule has 3 rings (SSSR count). The molecular formula is C16H9ClF3NO4. The molecule has 1 atom stereocenters. The summed E-state index contributed by atoms with van der Waals surface area (Å²) in [5.41, 5.74) is -0.962. The number of para-hydroxylation sites is 1. The van der Waals surface area contributed by atoms with Crippen molar-refractivity contribution in [2.75, 3.05) is 0 Å². The van der Waals surface area contributed by atoms with Gasteiger partial charge in [-0.2, -0.15) is 13.2 Å². The highest BCUT2D eigenvalue weighted by molar-refractivity contribution is 6.31. The lowest BCUT2D eigenvalue weighted by atomic mass is 9.98. The number of halogens is 4. The van der Waals surface area contributed by atoms with Crippen molar-refractivity contribution in [1.82, 2.24) is 4.98 Å². The number of carboxylic acid groups (broad SMARTS) is 1. The van der Waals surface area contributed by atoms with E-state index in [2.05, 4.69) is 4.98 Å². The maximum absolute atomic E-state index is 13.9. The third kappa shape index (κ3) is 2.89. The number of aliphatic carboxylic acids is 1. The summed E-state index contributed by atoms with van der Waals surface area (Å²) in [6.45, 7) is 0. The molecule has 130 valence electrons. The van der Waals surface area contributed by atoms with Crippen molar-refractivity contribution in [3.63, 3.8) is 0 Å². The van der Waals surface area contributed by atoms with E-state index in [1.807, 2.05) is 0 Å². The van der Waals surface area contributed by atoms with Gasteiger partial charge in [0.2, 0.25) is 5.88 Å². The Labute approximate surface area is 144 Å². The van der Waals surface area contributed by atoms with Gasteiger partial charge in [0.15, 0.2) is 0 Å². The van der Waals surface area contributed by atoms with Crippen LogP contribution in [0.25, 0.3) is 6.08 Å². The fraction of sp³-hybridized carbons (Fsp3) is 0.125. The molecule has 1 aliphatic heterocycles. The van der Waals surface area contributed by atoms with Gasteiger partial charge < -0.3 is 14.6 Å². The molecule has 2 aromatic rings. The molecule has 0 aliphatic carbocycles. The highest BCUT2D eigenvalue weighted by atomic mass is 35.5. The van der Waals surface area contributed by atoms with Crippen molar-refractivity contribution in [2.24, 2.45) is 0 Å². The summed E-state index contributed by atoms with van der Waals surface area (Å²) in [5, 5.41) is 9.10. The lowest BCUT2D eigenvalue weighted by Crippen LogP contribution is -2.59. The summed E-state index contributed by atoms with van der Waals surface area (Å²) in [4.78, 5) is 15.1. The average molecular weight is 372 g/mol. The smallest absolute Gasteiger partial charge is 0.473 e. The fourth-order valence-electron chi connectivity index (χ4n) is 2.28. The van der Waals surface area contributed by atoms with Gasteiger partial charge in [0, 0.05) is 11.8 Å². The summed E-state index contributed by atoms with van der Waals surface area (Å²) >= 11 is 5.81. The number of pyridine rings is 1. The molecule has 9 heteroatoms. The lowest BCUT2D eigenvalue weighted by molar-refractivity contribution is -0.305. The largest absolute Gasteiger partial charge is 0.478 e. The Balaban J connectivity index is 2.21. The number of carboxylic acids is 1. The molecule has 25 heavy (non-hydrogen) atoms. The number of rotatable bonds is 3. The standard InChI is InChI=1S/C16H9ClF3NO4/c17-11-5-3-7-21-13(11)25-15(16(18,19)20)10(14(22)23)8-9-4-1-2-6-12(9)24-15/h1-8H,(H,22,23). The molecule has 0 saturated carbocycles. The Hall–Kier alpha value is -2.74. The van der Waals surface area contributed by atoms with Gasteiger partial charge in [-0.25, -0.2) is 9.78 Å². The Morgan fingerprint density at radius 2 is 1.96 bits per heavy atom. The molecule has 1 unspecified atom stereocenters. The number of carbonyl (C=O) groups is 1. The number of alkyl halides is 3. The van der Waals surface area contributed by atoms with Crippen LogP contribution in [0, 0.1) is 0 Å². The van der Waals surface area contributed by atoms with Gasteiger partial charge in [-0.05, 0) is 24.3 Å². The van der Waals surface area contributed by atoms with E-state index in [0.29, 0.717) is 0 Å². The predicted octanol–water partition coefficient (Wildman–Crippen LogP) is 3.93. The predicted molar refractivity (Wildman–Crippen MR) is 81.3 cm³/mol. The monoisotopic (exact) mass is 371 g/mol. The SMILES string of the molecule is O=C(O)C1=Cc2ccccc2OC1(Oc1ncccc1Cl)C(F)(F)F.